The highest BCUT2D eigenvalue weighted by Crippen LogP contribution is 2.32. The molecule has 0 aliphatic rings. The molecular weight excluding hydrogens is 296 g/mol. The van der Waals surface area contributed by atoms with Crippen molar-refractivity contribution in [3.05, 3.63) is 45.3 Å². The lowest BCUT2D eigenvalue weighted by Gasteiger charge is -2.07. The molecule has 2 rings (SSSR count). The number of hydrogen-bond acceptors (Lipinski definition) is 4. The number of amides is 1. The van der Waals surface area contributed by atoms with Crippen molar-refractivity contribution in [1.82, 2.24) is 0 Å². The first-order valence-electron chi connectivity index (χ1n) is 5.91. The highest BCUT2D eigenvalue weighted by molar-refractivity contribution is 7.16. The van der Waals surface area contributed by atoms with Crippen molar-refractivity contribution in [2.45, 2.75) is 13.8 Å². The third-order valence-electron chi connectivity index (χ3n) is 3.06. The van der Waals surface area contributed by atoms with Gasteiger partial charge in [-0.15, -0.1) is 11.3 Å². The number of nitrogens with two attached hydrogens (primary N) is 1. The van der Waals surface area contributed by atoms with Crippen molar-refractivity contribution >= 4 is 27.9 Å². The molecule has 0 fully saturated rings. The number of aryl methyl sites for hydroxylation is 1. The van der Waals surface area contributed by atoms with Gasteiger partial charge < -0.3 is 11.1 Å². The summed E-state index contributed by atoms with van der Waals surface area (Å²) >= 11 is 1.24. The first-order valence-corrected chi connectivity index (χ1v) is 6.72. The van der Waals surface area contributed by atoms with Crippen molar-refractivity contribution in [1.29, 1.82) is 5.26 Å². The minimum absolute atomic E-state index is 0.171. The Morgan fingerprint density at radius 3 is 2.57 bits per heavy atom. The molecule has 0 atom stereocenters. The third-order valence-corrected chi connectivity index (χ3v) is 4.18. The van der Waals surface area contributed by atoms with Crippen LogP contribution < -0.4 is 11.1 Å². The molecule has 2 aromatic rings. The summed E-state index contributed by atoms with van der Waals surface area (Å²) in [4.78, 5) is 13.0. The molecule has 0 unspecified atom stereocenters. The second-order valence-corrected chi connectivity index (χ2v) is 5.63. The normalized spacial score (nSPS) is 10.2. The summed E-state index contributed by atoms with van der Waals surface area (Å²) < 4.78 is 26.2. The zero-order chi connectivity index (χ0) is 15.7. The van der Waals surface area contributed by atoms with Crippen molar-refractivity contribution in [2.24, 2.45) is 0 Å². The summed E-state index contributed by atoms with van der Waals surface area (Å²) in [5.41, 5.74) is 6.30. The van der Waals surface area contributed by atoms with Crippen LogP contribution in [0.25, 0.3) is 0 Å². The Bertz CT molecular complexity index is 778. The van der Waals surface area contributed by atoms with E-state index in [1.54, 1.807) is 6.92 Å². The monoisotopic (exact) mass is 307 g/mol. The number of nitrogens with zero attached hydrogens (tertiary/aromatic N) is 1. The van der Waals surface area contributed by atoms with Crippen LogP contribution in [0.2, 0.25) is 0 Å². The second-order valence-electron chi connectivity index (χ2n) is 4.41. The molecule has 0 radical (unpaired) electrons. The molecule has 4 nitrogen and oxygen atoms in total. The van der Waals surface area contributed by atoms with Crippen molar-refractivity contribution < 1.29 is 13.6 Å². The average Bonchev–Trinajstić information content (AvgIpc) is 2.68. The van der Waals surface area contributed by atoms with Gasteiger partial charge in [0.1, 0.15) is 11.1 Å². The van der Waals surface area contributed by atoms with Crippen LogP contribution in [0.4, 0.5) is 19.5 Å². The van der Waals surface area contributed by atoms with Crippen LogP contribution in [0.5, 0.6) is 0 Å². The molecule has 1 heterocycles. The van der Waals surface area contributed by atoms with Gasteiger partial charge in [-0.05, 0) is 25.5 Å². The van der Waals surface area contributed by atoms with E-state index in [0.29, 0.717) is 10.6 Å². The fourth-order valence-electron chi connectivity index (χ4n) is 1.78. The van der Waals surface area contributed by atoms with Gasteiger partial charge in [-0.2, -0.15) is 5.26 Å². The van der Waals surface area contributed by atoms with Crippen LogP contribution in [0.3, 0.4) is 0 Å². The van der Waals surface area contributed by atoms with Crippen LogP contribution in [-0.2, 0) is 0 Å². The molecule has 0 spiro atoms. The maximum Gasteiger partial charge on any atom is 0.258 e. The lowest BCUT2D eigenvalue weighted by atomic mass is 10.1. The van der Waals surface area contributed by atoms with Gasteiger partial charge in [0.05, 0.1) is 11.1 Å². The van der Waals surface area contributed by atoms with E-state index in [0.717, 1.165) is 22.6 Å². The highest BCUT2D eigenvalue weighted by Gasteiger charge is 2.18. The number of carbonyl (C=O) groups is 1. The number of nitrogen functional groups attached to an aromatic ring is 1. The van der Waals surface area contributed by atoms with Gasteiger partial charge in [-0.3, -0.25) is 4.79 Å². The number of hydrogen-bond donors (Lipinski definition) is 2. The summed E-state index contributed by atoms with van der Waals surface area (Å²) in [6.45, 7) is 3.59. The van der Waals surface area contributed by atoms with E-state index in [-0.39, 0.29) is 11.3 Å². The summed E-state index contributed by atoms with van der Waals surface area (Å²) in [5.74, 6) is -2.97. The number of rotatable bonds is 2. The van der Waals surface area contributed by atoms with Crippen LogP contribution in [-0.4, -0.2) is 5.91 Å². The van der Waals surface area contributed by atoms with Gasteiger partial charge in [0.2, 0.25) is 0 Å². The third kappa shape index (κ3) is 2.71. The van der Waals surface area contributed by atoms with Crippen molar-refractivity contribution in [3.63, 3.8) is 0 Å². The lowest BCUT2D eigenvalue weighted by Crippen LogP contribution is -2.14. The molecule has 0 saturated carbocycles. The first kappa shape index (κ1) is 14.9. The first-order chi connectivity index (χ1) is 9.85. The predicted octanol–water partition coefficient (Wildman–Crippen LogP) is 3.35. The number of nitrogens with one attached hydrogen (secondary N) is 1. The van der Waals surface area contributed by atoms with E-state index in [1.165, 1.54) is 11.3 Å². The zero-order valence-corrected chi connectivity index (χ0v) is 12.1. The largest absolute Gasteiger partial charge is 0.398 e. The summed E-state index contributed by atoms with van der Waals surface area (Å²) in [5, 5.41) is 12.0. The number of anilines is 2. The van der Waals surface area contributed by atoms with Gasteiger partial charge in [0.15, 0.2) is 11.6 Å². The van der Waals surface area contributed by atoms with E-state index in [1.807, 2.05) is 13.0 Å². The van der Waals surface area contributed by atoms with Gasteiger partial charge >= 0.3 is 0 Å². The summed E-state index contributed by atoms with van der Waals surface area (Å²) in [7, 11) is 0. The van der Waals surface area contributed by atoms with Gasteiger partial charge in [0.25, 0.3) is 5.91 Å². The number of carbonyl (C=O) groups excluding carboxylic acids is 1. The van der Waals surface area contributed by atoms with Crippen LogP contribution >= 0.6 is 11.3 Å². The standard InChI is InChI=1S/C14H11F2N3OS/c1-6-7(2)21-14(9(6)5-17)19-13(20)8-3-10(15)11(16)4-12(8)18/h3-4H,18H2,1-2H3,(H,19,20). The zero-order valence-electron chi connectivity index (χ0n) is 11.3. The van der Waals surface area contributed by atoms with Crippen LogP contribution in [0.15, 0.2) is 12.1 Å². The van der Waals surface area contributed by atoms with E-state index in [9.17, 15) is 13.6 Å². The number of benzene rings is 1. The molecule has 3 N–H and O–H groups in total. The lowest BCUT2D eigenvalue weighted by molar-refractivity contribution is 0.102. The van der Waals surface area contributed by atoms with Gasteiger partial charge in [-0.25, -0.2) is 8.78 Å². The Hall–Kier alpha value is -2.46. The minimum atomic E-state index is -1.16. The molecule has 1 aromatic heterocycles. The SMILES string of the molecule is Cc1sc(NC(=O)c2cc(F)c(F)cc2N)c(C#N)c1C. The molecule has 0 aliphatic carbocycles. The molecule has 108 valence electrons. The maximum absolute atomic E-state index is 13.2. The molecular formula is C14H11F2N3OS. The average molecular weight is 307 g/mol. The van der Waals surface area contributed by atoms with E-state index >= 15 is 0 Å². The number of halogens is 2. The molecule has 7 heteroatoms. The maximum atomic E-state index is 13.2. The van der Waals surface area contributed by atoms with Crippen molar-refractivity contribution in [3.8, 4) is 6.07 Å². The molecule has 1 aromatic carbocycles. The molecule has 0 aliphatic heterocycles. The van der Waals surface area contributed by atoms with Gasteiger partial charge in [0, 0.05) is 16.6 Å². The number of nitriles is 1. The molecule has 0 saturated heterocycles. The Kier molecular flexibility index (Phi) is 3.91. The Morgan fingerprint density at radius 1 is 1.33 bits per heavy atom. The van der Waals surface area contributed by atoms with Crippen LogP contribution in [0, 0.1) is 36.8 Å². The van der Waals surface area contributed by atoms with E-state index < -0.39 is 17.5 Å². The highest BCUT2D eigenvalue weighted by atomic mass is 32.1. The smallest absolute Gasteiger partial charge is 0.258 e. The number of thiophene rings is 1. The fourth-order valence-corrected chi connectivity index (χ4v) is 2.78. The molecule has 0 bridgehead atoms. The summed E-state index contributed by atoms with van der Waals surface area (Å²) in [6, 6.07) is 3.49. The minimum Gasteiger partial charge on any atom is -0.398 e. The Balaban J connectivity index is 2.38. The van der Waals surface area contributed by atoms with E-state index in [4.69, 9.17) is 11.0 Å². The molecule has 21 heavy (non-hydrogen) atoms. The predicted molar refractivity (Wildman–Crippen MR) is 77.2 cm³/mol. The van der Waals surface area contributed by atoms with Gasteiger partial charge in [-0.1, -0.05) is 0 Å². The van der Waals surface area contributed by atoms with Crippen LogP contribution in [0.1, 0.15) is 26.4 Å². The van der Waals surface area contributed by atoms with Crippen molar-refractivity contribution in [2.75, 3.05) is 11.1 Å². The summed E-state index contributed by atoms with van der Waals surface area (Å²) in [6.07, 6.45) is 0. The fraction of sp³-hybridized carbons (Fsp3) is 0.143. The quantitative estimate of drug-likeness (QED) is 0.835. The Morgan fingerprint density at radius 2 is 1.95 bits per heavy atom. The van der Waals surface area contributed by atoms with E-state index in [2.05, 4.69) is 5.32 Å². The Labute approximate surface area is 123 Å². The second kappa shape index (κ2) is 5.50. The topological polar surface area (TPSA) is 78.9 Å². The molecule has 1 amide bonds.